The molecule has 5 heteroatoms. The van der Waals surface area contributed by atoms with E-state index in [1.807, 2.05) is 12.1 Å². The van der Waals surface area contributed by atoms with Gasteiger partial charge in [0, 0.05) is 10.4 Å². The van der Waals surface area contributed by atoms with E-state index >= 15 is 0 Å². The highest BCUT2D eigenvalue weighted by Crippen LogP contribution is 2.22. The van der Waals surface area contributed by atoms with Crippen molar-refractivity contribution >= 4 is 38.6 Å². The van der Waals surface area contributed by atoms with E-state index in [2.05, 4.69) is 25.9 Å². The number of halogens is 2. The number of hydrogen-bond acceptors (Lipinski definition) is 1. The summed E-state index contributed by atoms with van der Waals surface area (Å²) in [5.74, 6) is 0.420. The second kappa shape index (κ2) is 3.20. The molecule has 1 aromatic heterocycles. The van der Waals surface area contributed by atoms with Crippen molar-refractivity contribution in [3.05, 3.63) is 32.7 Å². The van der Waals surface area contributed by atoms with E-state index in [1.165, 1.54) is 0 Å². The van der Waals surface area contributed by atoms with Gasteiger partial charge in [0.05, 0.1) is 11.0 Å². The molecule has 13 heavy (non-hydrogen) atoms. The highest BCUT2D eigenvalue weighted by Gasteiger charge is 2.03. The number of rotatable bonds is 1. The van der Waals surface area contributed by atoms with Crippen molar-refractivity contribution in [2.24, 2.45) is 0 Å². The van der Waals surface area contributed by atoms with Gasteiger partial charge < -0.3 is 9.97 Å². The minimum Gasteiger partial charge on any atom is -0.306 e. The molecule has 0 fully saturated rings. The first-order valence-electron chi connectivity index (χ1n) is 3.67. The molecule has 0 saturated heterocycles. The zero-order chi connectivity index (χ0) is 9.42. The zero-order valence-electron chi connectivity index (χ0n) is 6.53. The quantitative estimate of drug-likeness (QED) is 0.761. The van der Waals surface area contributed by atoms with Crippen LogP contribution in [0.15, 0.2) is 21.4 Å². The third-order valence-corrected chi connectivity index (χ3v) is 2.85. The van der Waals surface area contributed by atoms with Gasteiger partial charge in [-0.25, -0.2) is 4.79 Å². The van der Waals surface area contributed by atoms with Crippen molar-refractivity contribution in [1.82, 2.24) is 9.97 Å². The minimum atomic E-state index is -0.200. The van der Waals surface area contributed by atoms with Gasteiger partial charge in [0.15, 0.2) is 0 Å². The number of imidazole rings is 1. The van der Waals surface area contributed by atoms with Gasteiger partial charge >= 0.3 is 5.69 Å². The molecule has 0 amide bonds. The van der Waals surface area contributed by atoms with Crippen LogP contribution in [0, 0.1) is 0 Å². The van der Waals surface area contributed by atoms with Crippen molar-refractivity contribution in [3.8, 4) is 0 Å². The number of aromatic amines is 2. The summed E-state index contributed by atoms with van der Waals surface area (Å²) in [5, 5.41) is 0. The Morgan fingerprint density at radius 3 is 2.54 bits per heavy atom. The van der Waals surface area contributed by atoms with Crippen molar-refractivity contribution in [2.45, 2.75) is 5.88 Å². The number of benzene rings is 1. The van der Waals surface area contributed by atoms with E-state index in [-0.39, 0.29) is 5.69 Å². The summed E-state index contributed by atoms with van der Waals surface area (Å²) < 4.78 is 0.908. The predicted molar refractivity (Wildman–Crippen MR) is 56.2 cm³/mol. The lowest BCUT2D eigenvalue weighted by atomic mass is 10.2. The molecule has 1 aromatic carbocycles. The van der Waals surface area contributed by atoms with Crippen LogP contribution in [-0.4, -0.2) is 9.97 Å². The molecule has 0 aliphatic carbocycles. The molecule has 0 aliphatic rings. The molecule has 2 rings (SSSR count). The average molecular weight is 262 g/mol. The van der Waals surface area contributed by atoms with Crippen molar-refractivity contribution < 1.29 is 0 Å². The van der Waals surface area contributed by atoms with Crippen LogP contribution in [0.2, 0.25) is 0 Å². The van der Waals surface area contributed by atoms with E-state index in [0.717, 1.165) is 21.1 Å². The van der Waals surface area contributed by atoms with Gasteiger partial charge in [-0.15, -0.1) is 11.6 Å². The standard InChI is InChI=1S/C8H6BrClN2O/c9-5-2-7-6(1-4(5)3-10)11-8(13)12-7/h1-2H,3H2,(H2,11,12,13). The lowest BCUT2D eigenvalue weighted by molar-refractivity contribution is 1.21. The molecule has 0 radical (unpaired) electrons. The monoisotopic (exact) mass is 260 g/mol. The van der Waals surface area contributed by atoms with Crippen LogP contribution in [0.3, 0.4) is 0 Å². The molecule has 68 valence electrons. The van der Waals surface area contributed by atoms with Crippen LogP contribution >= 0.6 is 27.5 Å². The molecular weight excluding hydrogens is 255 g/mol. The average Bonchev–Trinajstić information content (AvgIpc) is 2.42. The first-order chi connectivity index (χ1) is 6.20. The topological polar surface area (TPSA) is 48.6 Å². The Morgan fingerprint density at radius 2 is 1.92 bits per heavy atom. The van der Waals surface area contributed by atoms with Crippen LogP contribution < -0.4 is 5.69 Å². The first-order valence-corrected chi connectivity index (χ1v) is 5.00. The van der Waals surface area contributed by atoms with Gasteiger partial charge in [-0.05, 0) is 17.7 Å². The largest absolute Gasteiger partial charge is 0.323 e. The molecule has 2 aromatic rings. The fourth-order valence-electron chi connectivity index (χ4n) is 1.20. The summed E-state index contributed by atoms with van der Waals surface area (Å²) >= 11 is 9.07. The van der Waals surface area contributed by atoms with Crippen molar-refractivity contribution in [3.63, 3.8) is 0 Å². The zero-order valence-corrected chi connectivity index (χ0v) is 8.87. The Kier molecular flexibility index (Phi) is 2.17. The lowest BCUT2D eigenvalue weighted by Crippen LogP contribution is -1.99. The lowest BCUT2D eigenvalue weighted by Gasteiger charge is -1.98. The second-order valence-corrected chi connectivity index (χ2v) is 3.82. The number of alkyl halides is 1. The molecule has 0 aliphatic heterocycles. The molecule has 0 bridgehead atoms. The molecular formula is C8H6BrClN2O. The molecule has 0 saturated carbocycles. The molecule has 0 atom stereocenters. The number of nitrogens with one attached hydrogen (secondary N) is 2. The van der Waals surface area contributed by atoms with Crippen LogP contribution in [0.5, 0.6) is 0 Å². The SMILES string of the molecule is O=c1[nH]c2cc(Br)c(CCl)cc2[nH]1. The maximum absolute atomic E-state index is 10.9. The Morgan fingerprint density at radius 1 is 1.31 bits per heavy atom. The maximum Gasteiger partial charge on any atom is 0.323 e. The van der Waals surface area contributed by atoms with Crippen molar-refractivity contribution in [1.29, 1.82) is 0 Å². The Labute approximate surface area is 87.2 Å². The van der Waals surface area contributed by atoms with E-state index in [0.29, 0.717) is 5.88 Å². The Hall–Kier alpha value is -0.740. The third kappa shape index (κ3) is 1.51. The van der Waals surface area contributed by atoms with Crippen LogP contribution in [0.25, 0.3) is 11.0 Å². The Balaban J connectivity index is 2.80. The van der Waals surface area contributed by atoms with E-state index in [4.69, 9.17) is 11.6 Å². The van der Waals surface area contributed by atoms with Crippen LogP contribution in [0.4, 0.5) is 0 Å². The summed E-state index contributed by atoms with van der Waals surface area (Å²) in [6.07, 6.45) is 0. The third-order valence-electron chi connectivity index (χ3n) is 1.83. The normalized spacial score (nSPS) is 10.9. The number of hydrogen-bond donors (Lipinski definition) is 2. The summed E-state index contributed by atoms with van der Waals surface area (Å²) in [7, 11) is 0. The number of aromatic nitrogens is 2. The van der Waals surface area contributed by atoms with Crippen molar-refractivity contribution in [2.75, 3.05) is 0 Å². The number of fused-ring (bicyclic) bond motifs is 1. The van der Waals surface area contributed by atoms with Gasteiger partial charge in [0.1, 0.15) is 0 Å². The van der Waals surface area contributed by atoms with Gasteiger partial charge in [-0.2, -0.15) is 0 Å². The minimum absolute atomic E-state index is 0.200. The molecule has 1 heterocycles. The summed E-state index contributed by atoms with van der Waals surface area (Å²) in [6.45, 7) is 0. The summed E-state index contributed by atoms with van der Waals surface area (Å²) in [5.41, 5.74) is 2.33. The highest BCUT2D eigenvalue weighted by atomic mass is 79.9. The smallest absolute Gasteiger partial charge is 0.306 e. The van der Waals surface area contributed by atoms with Gasteiger partial charge in [0.2, 0.25) is 0 Å². The second-order valence-electron chi connectivity index (χ2n) is 2.70. The first kappa shape index (κ1) is 8.84. The predicted octanol–water partition coefficient (Wildman–Crippen LogP) is 2.36. The molecule has 3 nitrogen and oxygen atoms in total. The summed E-state index contributed by atoms with van der Waals surface area (Å²) in [4.78, 5) is 16.3. The summed E-state index contributed by atoms with van der Waals surface area (Å²) in [6, 6.07) is 3.69. The number of H-pyrrole nitrogens is 2. The fraction of sp³-hybridized carbons (Fsp3) is 0.125. The van der Waals surface area contributed by atoms with E-state index in [1.54, 1.807) is 0 Å². The van der Waals surface area contributed by atoms with Crippen LogP contribution in [-0.2, 0) is 5.88 Å². The maximum atomic E-state index is 10.9. The van der Waals surface area contributed by atoms with E-state index in [9.17, 15) is 4.79 Å². The van der Waals surface area contributed by atoms with Gasteiger partial charge in [-0.1, -0.05) is 15.9 Å². The Bertz CT molecular complexity index is 502. The van der Waals surface area contributed by atoms with Gasteiger partial charge in [-0.3, -0.25) is 0 Å². The molecule has 2 N–H and O–H groups in total. The fourth-order valence-corrected chi connectivity index (χ4v) is 2.07. The highest BCUT2D eigenvalue weighted by molar-refractivity contribution is 9.10. The van der Waals surface area contributed by atoms with Crippen LogP contribution in [0.1, 0.15) is 5.56 Å². The van der Waals surface area contributed by atoms with Gasteiger partial charge in [0.25, 0.3) is 0 Å². The molecule has 0 spiro atoms. The molecule has 0 unspecified atom stereocenters. The van der Waals surface area contributed by atoms with E-state index < -0.39 is 0 Å².